The Bertz CT molecular complexity index is 329. The predicted molar refractivity (Wildman–Crippen MR) is 54.8 cm³/mol. The lowest BCUT2D eigenvalue weighted by Gasteiger charge is -2.08. The third-order valence-corrected chi connectivity index (χ3v) is 1.78. The maximum absolute atomic E-state index is 13.3. The van der Waals surface area contributed by atoms with Crippen molar-refractivity contribution in [2.24, 2.45) is 0 Å². The second-order valence-electron chi connectivity index (χ2n) is 3.02. The van der Waals surface area contributed by atoms with Gasteiger partial charge in [0.2, 0.25) is 0 Å². The second kappa shape index (κ2) is 5.46. The molecule has 0 fully saturated rings. The Hall–Kier alpha value is -1.42. The van der Waals surface area contributed by atoms with Gasteiger partial charge in [0.05, 0.1) is 0 Å². The van der Waals surface area contributed by atoms with Crippen molar-refractivity contribution < 1.29 is 13.5 Å². The van der Waals surface area contributed by atoms with E-state index in [1.807, 2.05) is 0 Å². The largest absolute Gasteiger partial charge is 0.483 e. The van der Waals surface area contributed by atoms with Gasteiger partial charge in [0, 0.05) is 6.54 Å². The number of rotatable bonds is 5. The van der Waals surface area contributed by atoms with Crippen molar-refractivity contribution in [3.05, 3.63) is 42.0 Å². The zero-order valence-corrected chi connectivity index (χ0v) is 8.52. The molecule has 0 aliphatic rings. The van der Waals surface area contributed by atoms with E-state index in [-0.39, 0.29) is 12.4 Å². The molecule has 1 N–H and O–H groups in total. The van der Waals surface area contributed by atoms with Gasteiger partial charge in [-0.25, -0.2) is 8.78 Å². The van der Waals surface area contributed by atoms with E-state index in [9.17, 15) is 8.78 Å². The predicted octanol–water partition coefficient (Wildman–Crippen LogP) is 2.25. The molecular weight excluding hydrogens is 200 g/mol. The summed E-state index contributed by atoms with van der Waals surface area (Å²) in [5.41, 5.74) is 0.540. The van der Waals surface area contributed by atoms with Gasteiger partial charge < -0.3 is 10.1 Å². The first-order valence-electron chi connectivity index (χ1n) is 4.55. The van der Waals surface area contributed by atoms with Crippen molar-refractivity contribution in [3.8, 4) is 5.75 Å². The Labute approximate surface area is 87.6 Å². The minimum Gasteiger partial charge on any atom is -0.483 e. The number of nitrogens with one attached hydrogen (secondary N) is 1. The van der Waals surface area contributed by atoms with Gasteiger partial charge in [-0.3, -0.25) is 0 Å². The van der Waals surface area contributed by atoms with E-state index in [0.717, 1.165) is 0 Å². The number of hydrogen-bond acceptors (Lipinski definition) is 2. The summed E-state index contributed by atoms with van der Waals surface area (Å²) in [7, 11) is 1.71. The standard InChI is InChI=1S/C11H13F2NO/c1-3-4-15-11-9(12)5-8(7-14-2)6-10(11)13/h3,5-6,14H,1,4,7H2,2H3. The Kier molecular flexibility index (Phi) is 4.24. The van der Waals surface area contributed by atoms with Crippen molar-refractivity contribution >= 4 is 0 Å². The van der Waals surface area contributed by atoms with E-state index < -0.39 is 11.6 Å². The molecule has 1 rings (SSSR count). The molecule has 0 amide bonds. The van der Waals surface area contributed by atoms with Gasteiger partial charge >= 0.3 is 0 Å². The van der Waals surface area contributed by atoms with Gasteiger partial charge in [-0.15, -0.1) is 0 Å². The van der Waals surface area contributed by atoms with Crippen molar-refractivity contribution in [1.29, 1.82) is 0 Å². The summed E-state index contributed by atoms with van der Waals surface area (Å²) >= 11 is 0. The van der Waals surface area contributed by atoms with Gasteiger partial charge in [-0.1, -0.05) is 12.7 Å². The Morgan fingerprint density at radius 2 is 2.00 bits per heavy atom. The van der Waals surface area contributed by atoms with Crippen molar-refractivity contribution in [3.63, 3.8) is 0 Å². The third-order valence-electron chi connectivity index (χ3n) is 1.78. The van der Waals surface area contributed by atoms with Gasteiger partial charge in [0.25, 0.3) is 0 Å². The van der Waals surface area contributed by atoms with Gasteiger partial charge in [0.15, 0.2) is 17.4 Å². The minimum absolute atomic E-state index is 0.0826. The lowest BCUT2D eigenvalue weighted by Crippen LogP contribution is -2.07. The summed E-state index contributed by atoms with van der Waals surface area (Å²) in [6.45, 7) is 3.90. The highest BCUT2D eigenvalue weighted by atomic mass is 19.1. The molecule has 0 saturated heterocycles. The van der Waals surface area contributed by atoms with Crippen molar-refractivity contribution in [2.75, 3.05) is 13.7 Å². The molecule has 0 unspecified atom stereocenters. The number of benzene rings is 1. The number of hydrogen-bond donors (Lipinski definition) is 1. The van der Waals surface area contributed by atoms with Crippen LogP contribution < -0.4 is 10.1 Å². The van der Waals surface area contributed by atoms with E-state index in [2.05, 4.69) is 11.9 Å². The maximum atomic E-state index is 13.3. The molecule has 0 atom stereocenters. The van der Waals surface area contributed by atoms with Crippen LogP contribution in [0.25, 0.3) is 0 Å². The minimum atomic E-state index is -0.693. The highest BCUT2D eigenvalue weighted by molar-refractivity contribution is 5.31. The third kappa shape index (κ3) is 3.02. The molecule has 0 radical (unpaired) electrons. The molecule has 1 aromatic rings. The van der Waals surface area contributed by atoms with Crippen LogP contribution >= 0.6 is 0 Å². The van der Waals surface area contributed by atoms with Crippen molar-refractivity contribution in [1.82, 2.24) is 5.32 Å². The fourth-order valence-electron chi connectivity index (χ4n) is 1.20. The summed E-state index contributed by atoms with van der Waals surface area (Å²) in [4.78, 5) is 0. The van der Waals surface area contributed by atoms with E-state index in [4.69, 9.17) is 4.74 Å². The van der Waals surface area contributed by atoms with Crippen LogP contribution in [0.4, 0.5) is 8.78 Å². The summed E-state index contributed by atoms with van der Waals surface area (Å²) in [5.74, 6) is -1.74. The normalized spacial score (nSPS) is 10.1. The average molecular weight is 213 g/mol. The quantitative estimate of drug-likeness (QED) is 0.757. The zero-order valence-electron chi connectivity index (χ0n) is 8.52. The second-order valence-corrected chi connectivity index (χ2v) is 3.02. The summed E-state index contributed by atoms with van der Waals surface area (Å²) in [5, 5.41) is 2.81. The first-order valence-corrected chi connectivity index (χ1v) is 4.55. The van der Waals surface area contributed by atoms with Gasteiger partial charge in [0.1, 0.15) is 6.61 Å². The molecule has 0 saturated carbocycles. The molecule has 4 heteroatoms. The van der Waals surface area contributed by atoms with Crippen LogP contribution in [0.2, 0.25) is 0 Å². The van der Waals surface area contributed by atoms with Crippen LogP contribution in [0.15, 0.2) is 24.8 Å². The highest BCUT2D eigenvalue weighted by Crippen LogP contribution is 2.23. The van der Waals surface area contributed by atoms with Crippen LogP contribution in [-0.2, 0) is 6.54 Å². The average Bonchev–Trinajstić information content (AvgIpc) is 2.17. The zero-order chi connectivity index (χ0) is 11.3. The lowest BCUT2D eigenvalue weighted by molar-refractivity contribution is 0.320. The molecular formula is C11H13F2NO. The molecule has 1 aromatic carbocycles. The van der Waals surface area contributed by atoms with E-state index in [0.29, 0.717) is 12.1 Å². The molecule has 15 heavy (non-hydrogen) atoms. The summed E-state index contributed by atoms with van der Waals surface area (Å²) in [6.07, 6.45) is 1.43. The molecule has 0 bridgehead atoms. The number of halogens is 2. The smallest absolute Gasteiger partial charge is 0.191 e. The first-order chi connectivity index (χ1) is 7.19. The Morgan fingerprint density at radius 1 is 1.40 bits per heavy atom. The van der Waals surface area contributed by atoms with Crippen molar-refractivity contribution in [2.45, 2.75) is 6.54 Å². The molecule has 0 heterocycles. The molecule has 0 aliphatic heterocycles. The van der Waals surface area contributed by atoms with Crippen LogP contribution in [0.3, 0.4) is 0 Å². The topological polar surface area (TPSA) is 21.3 Å². The van der Waals surface area contributed by atoms with Gasteiger partial charge in [-0.2, -0.15) is 0 Å². The molecule has 0 spiro atoms. The summed E-state index contributed by atoms with van der Waals surface area (Å²) in [6, 6.07) is 2.50. The van der Waals surface area contributed by atoms with E-state index in [1.54, 1.807) is 7.05 Å². The monoisotopic (exact) mass is 213 g/mol. The first kappa shape index (κ1) is 11.7. The van der Waals surface area contributed by atoms with Crippen LogP contribution in [-0.4, -0.2) is 13.7 Å². The molecule has 0 aromatic heterocycles. The van der Waals surface area contributed by atoms with Crippen LogP contribution in [0.1, 0.15) is 5.56 Å². The molecule has 0 aliphatic carbocycles. The highest BCUT2D eigenvalue weighted by Gasteiger charge is 2.11. The lowest BCUT2D eigenvalue weighted by atomic mass is 10.2. The maximum Gasteiger partial charge on any atom is 0.191 e. The van der Waals surface area contributed by atoms with Gasteiger partial charge in [-0.05, 0) is 24.7 Å². The SMILES string of the molecule is C=CCOc1c(F)cc(CNC)cc1F. The summed E-state index contributed by atoms with van der Waals surface area (Å²) < 4.78 is 31.5. The van der Waals surface area contributed by atoms with E-state index >= 15 is 0 Å². The molecule has 2 nitrogen and oxygen atoms in total. The van der Waals surface area contributed by atoms with Crippen LogP contribution in [0.5, 0.6) is 5.75 Å². The Balaban J connectivity index is 2.93. The number of ether oxygens (including phenoxy) is 1. The Morgan fingerprint density at radius 3 is 2.47 bits per heavy atom. The van der Waals surface area contributed by atoms with Crippen LogP contribution in [0, 0.1) is 11.6 Å². The fourth-order valence-corrected chi connectivity index (χ4v) is 1.20. The molecule has 82 valence electrons. The fraction of sp³-hybridized carbons (Fsp3) is 0.273. The van der Waals surface area contributed by atoms with E-state index in [1.165, 1.54) is 18.2 Å².